The lowest BCUT2D eigenvalue weighted by molar-refractivity contribution is -0.128. The van der Waals surface area contributed by atoms with Crippen LogP contribution in [0, 0.1) is 5.92 Å². The van der Waals surface area contributed by atoms with Gasteiger partial charge >= 0.3 is 0 Å². The fourth-order valence-electron chi connectivity index (χ4n) is 2.23. The second kappa shape index (κ2) is 7.26. The molecular formula is C15H21NO3. The van der Waals surface area contributed by atoms with Crippen LogP contribution in [0.1, 0.15) is 24.0 Å². The van der Waals surface area contributed by atoms with Gasteiger partial charge in [-0.1, -0.05) is 24.3 Å². The molecular weight excluding hydrogens is 242 g/mol. The molecule has 2 N–H and O–H groups in total. The minimum atomic E-state index is 0.0190. The minimum Gasteiger partial charge on any atom is -0.392 e. The first-order chi connectivity index (χ1) is 9.29. The van der Waals surface area contributed by atoms with Gasteiger partial charge in [-0.25, -0.2) is 0 Å². The molecule has 1 heterocycles. The number of hydrogen-bond acceptors (Lipinski definition) is 3. The topological polar surface area (TPSA) is 58.6 Å². The molecule has 1 fully saturated rings. The van der Waals surface area contributed by atoms with Crippen LogP contribution in [0.4, 0.5) is 0 Å². The molecule has 1 aromatic carbocycles. The van der Waals surface area contributed by atoms with E-state index in [1.807, 2.05) is 24.3 Å². The maximum Gasteiger partial charge on any atom is 0.225 e. The molecule has 1 unspecified atom stereocenters. The van der Waals surface area contributed by atoms with Crippen molar-refractivity contribution in [2.45, 2.75) is 25.9 Å². The lowest BCUT2D eigenvalue weighted by Gasteiger charge is -2.21. The van der Waals surface area contributed by atoms with Crippen molar-refractivity contribution in [2.75, 3.05) is 19.8 Å². The summed E-state index contributed by atoms with van der Waals surface area (Å²) in [4.78, 5) is 11.9. The van der Waals surface area contributed by atoms with E-state index >= 15 is 0 Å². The monoisotopic (exact) mass is 263 g/mol. The number of amides is 1. The summed E-state index contributed by atoms with van der Waals surface area (Å²) in [6, 6.07) is 7.79. The largest absolute Gasteiger partial charge is 0.392 e. The molecule has 1 amide bonds. The Kier molecular flexibility index (Phi) is 5.36. The quantitative estimate of drug-likeness (QED) is 0.841. The Morgan fingerprint density at radius 2 is 2.05 bits per heavy atom. The lowest BCUT2D eigenvalue weighted by Crippen LogP contribution is -2.36. The summed E-state index contributed by atoms with van der Waals surface area (Å²) in [6.07, 6.45) is 2.71. The maximum absolute atomic E-state index is 11.9. The van der Waals surface area contributed by atoms with Crippen molar-refractivity contribution < 1.29 is 14.6 Å². The summed E-state index contributed by atoms with van der Waals surface area (Å²) < 4.78 is 5.31. The number of ether oxygens (including phenoxy) is 1. The predicted octanol–water partition coefficient (Wildman–Crippen LogP) is 1.26. The molecule has 2 rings (SSSR count). The molecule has 104 valence electrons. The summed E-state index contributed by atoms with van der Waals surface area (Å²) >= 11 is 0. The summed E-state index contributed by atoms with van der Waals surface area (Å²) in [5.41, 5.74) is 2.07. The van der Waals surface area contributed by atoms with Gasteiger partial charge in [-0.3, -0.25) is 4.79 Å². The van der Waals surface area contributed by atoms with Crippen LogP contribution in [0.15, 0.2) is 24.3 Å². The number of aliphatic hydroxyl groups is 1. The Labute approximate surface area is 113 Å². The van der Waals surface area contributed by atoms with Crippen LogP contribution >= 0.6 is 0 Å². The number of carbonyl (C=O) groups excluding carboxylic acids is 1. The number of benzene rings is 1. The maximum atomic E-state index is 11.9. The van der Waals surface area contributed by atoms with Crippen LogP contribution in [0.2, 0.25) is 0 Å². The number of aliphatic hydroxyl groups excluding tert-OH is 1. The van der Waals surface area contributed by atoms with Gasteiger partial charge in [0.1, 0.15) is 0 Å². The smallest absolute Gasteiger partial charge is 0.225 e. The molecule has 1 saturated heterocycles. The van der Waals surface area contributed by atoms with E-state index in [1.165, 1.54) is 0 Å². The normalized spacial score (nSPS) is 19.1. The van der Waals surface area contributed by atoms with Crippen LogP contribution in [-0.4, -0.2) is 30.8 Å². The number of carbonyl (C=O) groups is 1. The van der Waals surface area contributed by atoms with E-state index in [0.717, 1.165) is 37.0 Å². The summed E-state index contributed by atoms with van der Waals surface area (Å²) in [7, 11) is 0. The Morgan fingerprint density at radius 3 is 2.68 bits per heavy atom. The van der Waals surface area contributed by atoms with Crippen LogP contribution in [0.25, 0.3) is 0 Å². The van der Waals surface area contributed by atoms with Crippen molar-refractivity contribution in [1.29, 1.82) is 0 Å². The van der Waals surface area contributed by atoms with Gasteiger partial charge in [0.25, 0.3) is 0 Å². The zero-order valence-electron chi connectivity index (χ0n) is 11.1. The molecule has 1 aromatic rings. The van der Waals surface area contributed by atoms with E-state index < -0.39 is 0 Å². The molecule has 4 nitrogen and oxygen atoms in total. The third kappa shape index (κ3) is 4.33. The molecule has 4 heteroatoms. The third-order valence-electron chi connectivity index (χ3n) is 3.45. The van der Waals surface area contributed by atoms with Crippen LogP contribution in [-0.2, 0) is 22.6 Å². The summed E-state index contributed by atoms with van der Waals surface area (Å²) in [5, 5.41) is 11.9. The van der Waals surface area contributed by atoms with Crippen molar-refractivity contribution in [3.8, 4) is 0 Å². The average Bonchev–Trinajstić information content (AvgIpc) is 2.49. The lowest BCUT2D eigenvalue weighted by atomic mass is 10.0. The van der Waals surface area contributed by atoms with Gasteiger partial charge in [0, 0.05) is 13.2 Å². The van der Waals surface area contributed by atoms with Gasteiger partial charge in [-0.2, -0.15) is 0 Å². The van der Waals surface area contributed by atoms with E-state index in [4.69, 9.17) is 9.84 Å². The van der Waals surface area contributed by atoms with Crippen molar-refractivity contribution in [3.63, 3.8) is 0 Å². The van der Waals surface area contributed by atoms with E-state index in [9.17, 15) is 4.79 Å². The van der Waals surface area contributed by atoms with Gasteiger partial charge in [0.15, 0.2) is 0 Å². The first-order valence-corrected chi connectivity index (χ1v) is 6.83. The molecule has 19 heavy (non-hydrogen) atoms. The molecule has 1 atom stereocenters. The molecule has 0 saturated carbocycles. The highest BCUT2D eigenvalue weighted by atomic mass is 16.5. The first-order valence-electron chi connectivity index (χ1n) is 6.83. The van der Waals surface area contributed by atoms with Gasteiger partial charge in [0.05, 0.1) is 19.1 Å². The SMILES string of the molecule is O=C(NCCc1ccc(CO)cc1)C1CCCOC1. The van der Waals surface area contributed by atoms with E-state index in [2.05, 4.69) is 5.32 Å². The van der Waals surface area contributed by atoms with E-state index in [0.29, 0.717) is 13.2 Å². The van der Waals surface area contributed by atoms with Crippen molar-refractivity contribution in [1.82, 2.24) is 5.32 Å². The Bertz CT molecular complexity index is 396. The average molecular weight is 263 g/mol. The zero-order chi connectivity index (χ0) is 13.5. The number of nitrogens with one attached hydrogen (secondary N) is 1. The highest BCUT2D eigenvalue weighted by Gasteiger charge is 2.20. The fraction of sp³-hybridized carbons (Fsp3) is 0.533. The molecule has 0 aliphatic carbocycles. The van der Waals surface area contributed by atoms with Gasteiger partial charge < -0.3 is 15.2 Å². The molecule has 1 aliphatic heterocycles. The Morgan fingerprint density at radius 1 is 1.32 bits per heavy atom. The standard InChI is InChI=1S/C15H21NO3/c17-10-13-5-3-12(4-6-13)7-8-16-15(18)14-2-1-9-19-11-14/h3-6,14,17H,1-2,7-11H2,(H,16,18). The first kappa shape index (κ1) is 14.0. The van der Waals surface area contributed by atoms with Crippen molar-refractivity contribution >= 4 is 5.91 Å². The Hall–Kier alpha value is -1.39. The summed E-state index contributed by atoms with van der Waals surface area (Å²) in [5.74, 6) is 0.122. The summed E-state index contributed by atoms with van der Waals surface area (Å²) in [6.45, 7) is 2.05. The van der Waals surface area contributed by atoms with Crippen molar-refractivity contribution in [2.24, 2.45) is 5.92 Å². The Balaban J connectivity index is 1.71. The number of hydrogen-bond donors (Lipinski definition) is 2. The second-order valence-corrected chi connectivity index (χ2v) is 4.93. The predicted molar refractivity (Wildman–Crippen MR) is 72.6 cm³/mol. The third-order valence-corrected chi connectivity index (χ3v) is 3.45. The minimum absolute atomic E-state index is 0.0190. The molecule has 0 radical (unpaired) electrons. The van der Waals surface area contributed by atoms with Gasteiger partial charge in [-0.05, 0) is 30.4 Å². The molecule has 0 spiro atoms. The van der Waals surface area contributed by atoms with Gasteiger partial charge in [0.2, 0.25) is 5.91 Å². The van der Waals surface area contributed by atoms with Crippen LogP contribution in [0.3, 0.4) is 0 Å². The van der Waals surface area contributed by atoms with Gasteiger partial charge in [-0.15, -0.1) is 0 Å². The van der Waals surface area contributed by atoms with Crippen molar-refractivity contribution in [3.05, 3.63) is 35.4 Å². The second-order valence-electron chi connectivity index (χ2n) is 4.93. The highest BCUT2D eigenvalue weighted by Crippen LogP contribution is 2.13. The fourth-order valence-corrected chi connectivity index (χ4v) is 2.23. The van der Waals surface area contributed by atoms with E-state index in [-0.39, 0.29) is 18.4 Å². The molecule has 0 bridgehead atoms. The zero-order valence-corrected chi connectivity index (χ0v) is 11.1. The molecule has 1 aliphatic rings. The van der Waals surface area contributed by atoms with Crippen LogP contribution in [0.5, 0.6) is 0 Å². The highest BCUT2D eigenvalue weighted by molar-refractivity contribution is 5.78. The molecule has 0 aromatic heterocycles. The van der Waals surface area contributed by atoms with E-state index in [1.54, 1.807) is 0 Å². The van der Waals surface area contributed by atoms with Crippen LogP contribution < -0.4 is 5.32 Å². The number of rotatable bonds is 5.